The Bertz CT molecular complexity index is 614. The Labute approximate surface area is 129 Å². The molecule has 0 amide bonds. The summed E-state index contributed by atoms with van der Waals surface area (Å²) in [5, 5.41) is 3.66. The zero-order valence-electron chi connectivity index (χ0n) is 11.8. The summed E-state index contributed by atoms with van der Waals surface area (Å²) < 4.78 is 39.9. The van der Waals surface area contributed by atoms with Gasteiger partial charge in [0.15, 0.2) is 5.11 Å². The van der Waals surface area contributed by atoms with E-state index in [0.717, 1.165) is 12.6 Å². The molecule has 2 rings (SSSR count). The van der Waals surface area contributed by atoms with E-state index in [1.807, 2.05) is 11.8 Å². The lowest BCUT2D eigenvalue weighted by Crippen LogP contribution is -2.53. The zero-order chi connectivity index (χ0) is 15.5. The molecule has 0 saturated carbocycles. The van der Waals surface area contributed by atoms with Gasteiger partial charge < -0.3 is 10.2 Å². The van der Waals surface area contributed by atoms with E-state index < -0.39 is 15.8 Å². The number of hydrogen-bond acceptors (Lipinski definition) is 3. The normalized spacial score (nSPS) is 16.8. The van der Waals surface area contributed by atoms with Gasteiger partial charge in [0.05, 0.1) is 0 Å². The lowest BCUT2D eigenvalue weighted by atomic mass is 10.3. The van der Waals surface area contributed by atoms with Crippen LogP contribution in [0.5, 0.6) is 0 Å². The number of nitrogens with zero attached hydrogens (tertiary/aromatic N) is 2. The van der Waals surface area contributed by atoms with Crippen LogP contribution < -0.4 is 5.32 Å². The fourth-order valence-corrected chi connectivity index (χ4v) is 4.00. The molecule has 1 saturated heterocycles. The Morgan fingerprint density at radius 2 is 1.90 bits per heavy atom. The molecule has 116 valence electrons. The van der Waals surface area contributed by atoms with E-state index in [0.29, 0.717) is 31.3 Å². The van der Waals surface area contributed by atoms with Crippen molar-refractivity contribution in [3.8, 4) is 0 Å². The number of piperazine rings is 1. The number of hydrogen-bond donors (Lipinski definition) is 1. The molecule has 1 aliphatic heterocycles. The quantitative estimate of drug-likeness (QED) is 0.839. The first-order valence-corrected chi connectivity index (χ1v) is 8.59. The van der Waals surface area contributed by atoms with Crippen LogP contribution >= 0.6 is 12.2 Å². The van der Waals surface area contributed by atoms with Crippen molar-refractivity contribution in [2.75, 3.05) is 32.7 Å². The summed E-state index contributed by atoms with van der Waals surface area (Å²) in [4.78, 5) is 1.65. The SMILES string of the molecule is CCNC(=S)N1CCN(S(=O)(=O)c2ccccc2F)CC1. The average Bonchev–Trinajstić information content (AvgIpc) is 2.48. The van der Waals surface area contributed by atoms with Crippen LogP contribution in [0.4, 0.5) is 4.39 Å². The lowest BCUT2D eigenvalue weighted by Gasteiger charge is -2.35. The Hall–Kier alpha value is -1.25. The summed E-state index contributed by atoms with van der Waals surface area (Å²) in [5.41, 5.74) is 0. The summed E-state index contributed by atoms with van der Waals surface area (Å²) in [6.45, 7) is 4.27. The molecule has 8 heteroatoms. The van der Waals surface area contributed by atoms with Crippen molar-refractivity contribution >= 4 is 27.4 Å². The van der Waals surface area contributed by atoms with Crippen molar-refractivity contribution in [2.45, 2.75) is 11.8 Å². The average molecular weight is 331 g/mol. The molecule has 0 aromatic heterocycles. The molecule has 1 aliphatic rings. The minimum atomic E-state index is -3.79. The highest BCUT2D eigenvalue weighted by molar-refractivity contribution is 7.89. The van der Waals surface area contributed by atoms with Crippen LogP contribution in [0.25, 0.3) is 0 Å². The smallest absolute Gasteiger partial charge is 0.246 e. The monoisotopic (exact) mass is 331 g/mol. The van der Waals surface area contributed by atoms with E-state index >= 15 is 0 Å². The molecular formula is C13H18FN3O2S2. The minimum Gasteiger partial charge on any atom is -0.363 e. The third-order valence-electron chi connectivity index (χ3n) is 3.31. The van der Waals surface area contributed by atoms with E-state index in [2.05, 4.69) is 5.32 Å². The van der Waals surface area contributed by atoms with Crippen molar-refractivity contribution < 1.29 is 12.8 Å². The zero-order valence-corrected chi connectivity index (χ0v) is 13.4. The van der Waals surface area contributed by atoms with Gasteiger partial charge in [0.25, 0.3) is 0 Å². The first kappa shape index (κ1) is 16.1. The van der Waals surface area contributed by atoms with Gasteiger partial charge in [-0.05, 0) is 31.3 Å². The summed E-state index contributed by atoms with van der Waals surface area (Å²) >= 11 is 5.21. The molecular weight excluding hydrogens is 313 g/mol. The maximum Gasteiger partial charge on any atom is 0.246 e. The summed E-state index contributed by atoms with van der Waals surface area (Å²) in [6, 6.07) is 5.44. The van der Waals surface area contributed by atoms with E-state index in [-0.39, 0.29) is 4.90 Å². The molecule has 0 radical (unpaired) electrons. The second-order valence-corrected chi connectivity index (χ2v) is 6.95. The second kappa shape index (κ2) is 6.67. The summed E-state index contributed by atoms with van der Waals surface area (Å²) in [6.07, 6.45) is 0. The number of nitrogens with one attached hydrogen (secondary N) is 1. The van der Waals surface area contributed by atoms with E-state index in [1.165, 1.54) is 22.5 Å². The molecule has 21 heavy (non-hydrogen) atoms. The lowest BCUT2D eigenvalue weighted by molar-refractivity contribution is 0.263. The van der Waals surface area contributed by atoms with Crippen molar-refractivity contribution in [1.29, 1.82) is 0 Å². The van der Waals surface area contributed by atoms with Gasteiger partial charge in [-0.2, -0.15) is 4.31 Å². The molecule has 1 aromatic carbocycles. The van der Waals surface area contributed by atoms with Gasteiger partial charge in [-0.25, -0.2) is 12.8 Å². The number of benzene rings is 1. The van der Waals surface area contributed by atoms with Gasteiger partial charge in [-0.1, -0.05) is 12.1 Å². The Morgan fingerprint density at radius 3 is 2.48 bits per heavy atom. The first-order valence-electron chi connectivity index (χ1n) is 6.74. The maximum atomic E-state index is 13.7. The van der Waals surface area contributed by atoms with Crippen molar-refractivity contribution in [1.82, 2.24) is 14.5 Å². The van der Waals surface area contributed by atoms with Gasteiger partial charge in [0.2, 0.25) is 10.0 Å². The van der Waals surface area contributed by atoms with Crippen molar-refractivity contribution in [3.05, 3.63) is 30.1 Å². The predicted molar refractivity (Wildman–Crippen MR) is 83.0 cm³/mol. The van der Waals surface area contributed by atoms with Crippen LogP contribution in [-0.2, 0) is 10.0 Å². The van der Waals surface area contributed by atoms with Crippen LogP contribution in [0, 0.1) is 5.82 Å². The van der Waals surface area contributed by atoms with Crippen LogP contribution in [0.2, 0.25) is 0 Å². The third kappa shape index (κ3) is 3.50. The topological polar surface area (TPSA) is 52.6 Å². The first-order chi connectivity index (χ1) is 9.96. The van der Waals surface area contributed by atoms with Crippen molar-refractivity contribution in [2.24, 2.45) is 0 Å². The number of rotatable bonds is 3. The van der Waals surface area contributed by atoms with Crippen LogP contribution in [0.15, 0.2) is 29.2 Å². The van der Waals surface area contributed by atoms with E-state index in [9.17, 15) is 12.8 Å². The Kier molecular flexibility index (Phi) is 5.13. The van der Waals surface area contributed by atoms with Gasteiger partial charge in [0.1, 0.15) is 10.7 Å². The number of sulfonamides is 1. The molecule has 0 aliphatic carbocycles. The van der Waals surface area contributed by atoms with Gasteiger partial charge in [0, 0.05) is 32.7 Å². The van der Waals surface area contributed by atoms with Gasteiger partial charge in [-0.3, -0.25) is 0 Å². The third-order valence-corrected chi connectivity index (χ3v) is 5.64. The molecule has 1 aromatic rings. The van der Waals surface area contributed by atoms with E-state index in [4.69, 9.17) is 12.2 Å². The van der Waals surface area contributed by atoms with Crippen LogP contribution in [0.3, 0.4) is 0 Å². The highest BCUT2D eigenvalue weighted by Crippen LogP contribution is 2.20. The summed E-state index contributed by atoms with van der Waals surface area (Å²) in [5.74, 6) is -0.719. The molecule has 1 heterocycles. The predicted octanol–water partition coefficient (Wildman–Crippen LogP) is 1.03. The fraction of sp³-hybridized carbons (Fsp3) is 0.462. The summed E-state index contributed by atoms with van der Waals surface area (Å²) in [7, 11) is -3.79. The Balaban J connectivity index is 2.08. The van der Waals surface area contributed by atoms with Crippen molar-refractivity contribution in [3.63, 3.8) is 0 Å². The maximum absolute atomic E-state index is 13.7. The van der Waals surface area contributed by atoms with Crippen LogP contribution in [0.1, 0.15) is 6.92 Å². The molecule has 0 atom stereocenters. The Morgan fingerprint density at radius 1 is 1.29 bits per heavy atom. The highest BCUT2D eigenvalue weighted by atomic mass is 32.2. The molecule has 0 unspecified atom stereocenters. The highest BCUT2D eigenvalue weighted by Gasteiger charge is 2.30. The van der Waals surface area contributed by atoms with Crippen LogP contribution in [-0.4, -0.2) is 55.5 Å². The fourth-order valence-electron chi connectivity index (χ4n) is 2.19. The van der Waals surface area contributed by atoms with Gasteiger partial charge >= 0.3 is 0 Å². The molecule has 1 fully saturated rings. The minimum absolute atomic E-state index is 0.271. The molecule has 1 N–H and O–H groups in total. The standard InChI is InChI=1S/C13H18FN3O2S2/c1-2-15-13(20)16-7-9-17(10-8-16)21(18,19)12-6-4-3-5-11(12)14/h3-6H,2,7-10H2,1H3,(H,15,20). The number of thiocarbonyl (C=S) groups is 1. The largest absolute Gasteiger partial charge is 0.363 e. The van der Waals surface area contributed by atoms with E-state index in [1.54, 1.807) is 0 Å². The molecule has 0 spiro atoms. The molecule has 0 bridgehead atoms. The van der Waals surface area contributed by atoms with Gasteiger partial charge in [-0.15, -0.1) is 0 Å². The molecule has 5 nitrogen and oxygen atoms in total. The second-order valence-electron chi connectivity index (χ2n) is 4.66. The number of halogens is 1.